The van der Waals surface area contributed by atoms with Gasteiger partial charge in [0.25, 0.3) is 0 Å². The smallest absolute Gasteiger partial charge is 0.169 e. The molecular weight excluding hydrogens is 148 g/mol. The molecule has 1 N–H and O–H groups in total. The van der Waals surface area contributed by atoms with Crippen LogP contribution in [0.5, 0.6) is 0 Å². The quantitative estimate of drug-likeness (QED) is 0.608. The third kappa shape index (κ3) is 1.64. The molecule has 1 aromatic heterocycles. The first-order valence-corrected chi connectivity index (χ1v) is 4.63. The van der Waals surface area contributed by atoms with Crippen molar-refractivity contribution in [2.24, 2.45) is 0 Å². The van der Waals surface area contributed by atoms with Crippen molar-refractivity contribution >= 4 is 0 Å². The first-order valence-electron chi connectivity index (χ1n) is 4.63. The highest BCUT2D eigenvalue weighted by atomic mass is 15.0. The second-order valence-corrected chi connectivity index (χ2v) is 3.30. The first kappa shape index (κ1) is 7.74. The molecule has 1 saturated heterocycles. The summed E-state index contributed by atoms with van der Waals surface area (Å²) < 4.78 is 2.32. The molecule has 0 bridgehead atoms. The summed E-state index contributed by atoms with van der Waals surface area (Å²) in [5.74, 6) is 0. The number of hydrogen-bond acceptors (Lipinski definition) is 1. The predicted molar refractivity (Wildman–Crippen MR) is 47.8 cm³/mol. The van der Waals surface area contributed by atoms with Crippen LogP contribution in [-0.2, 0) is 0 Å². The zero-order valence-corrected chi connectivity index (χ0v) is 7.24. The Labute approximate surface area is 73.2 Å². The minimum atomic E-state index is 0.715. The zero-order valence-electron chi connectivity index (χ0n) is 7.24. The van der Waals surface area contributed by atoms with Crippen molar-refractivity contribution in [1.29, 1.82) is 0 Å². The van der Waals surface area contributed by atoms with Crippen molar-refractivity contribution in [1.82, 2.24) is 5.32 Å². The summed E-state index contributed by atoms with van der Waals surface area (Å²) in [6.07, 6.45) is 6.84. The number of pyridine rings is 1. The number of hydrogen-bond donors (Lipinski definition) is 1. The number of rotatable bonds is 1. The minimum Gasteiger partial charge on any atom is -0.316 e. The summed E-state index contributed by atoms with van der Waals surface area (Å²) >= 11 is 0. The summed E-state index contributed by atoms with van der Waals surface area (Å²) in [4.78, 5) is 0. The van der Waals surface area contributed by atoms with E-state index in [-0.39, 0.29) is 0 Å². The van der Waals surface area contributed by atoms with Crippen LogP contribution in [0.15, 0.2) is 30.6 Å². The van der Waals surface area contributed by atoms with Crippen molar-refractivity contribution in [2.45, 2.75) is 18.9 Å². The second kappa shape index (κ2) is 3.68. The molecule has 0 amide bonds. The lowest BCUT2D eigenvalue weighted by molar-refractivity contribution is -0.725. The van der Waals surface area contributed by atoms with Gasteiger partial charge in [-0.3, -0.25) is 0 Å². The molecule has 2 heterocycles. The summed E-state index contributed by atoms with van der Waals surface area (Å²) in [5.41, 5.74) is 0. The van der Waals surface area contributed by atoms with Crippen LogP contribution in [0.4, 0.5) is 0 Å². The van der Waals surface area contributed by atoms with Crippen LogP contribution in [0.3, 0.4) is 0 Å². The first-order chi connectivity index (χ1) is 5.97. The standard InChI is InChI=1S/C10H15N2/c1-2-8-12(9-3-1)10-4-6-11-7-5-10/h1-3,8-11H,4-7H2/q+1. The predicted octanol–water partition coefficient (Wildman–Crippen LogP) is 0.899. The molecule has 0 atom stereocenters. The lowest BCUT2D eigenvalue weighted by atomic mass is 10.1. The zero-order chi connectivity index (χ0) is 8.23. The van der Waals surface area contributed by atoms with Crippen molar-refractivity contribution < 1.29 is 4.57 Å². The van der Waals surface area contributed by atoms with Gasteiger partial charge in [-0.15, -0.1) is 0 Å². The highest BCUT2D eigenvalue weighted by molar-refractivity contribution is 4.84. The van der Waals surface area contributed by atoms with Gasteiger partial charge in [0.15, 0.2) is 18.4 Å². The fraction of sp³-hybridized carbons (Fsp3) is 0.500. The molecule has 0 aromatic carbocycles. The Bertz CT molecular complexity index is 227. The van der Waals surface area contributed by atoms with Gasteiger partial charge in [-0.2, -0.15) is 0 Å². The van der Waals surface area contributed by atoms with Gasteiger partial charge >= 0.3 is 0 Å². The molecular formula is C10H15N2+. The molecule has 0 saturated carbocycles. The maximum Gasteiger partial charge on any atom is 0.169 e. The molecule has 1 fully saturated rings. The van der Waals surface area contributed by atoms with Crippen molar-refractivity contribution in [3.8, 4) is 0 Å². The van der Waals surface area contributed by atoms with Gasteiger partial charge in [-0.25, -0.2) is 4.57 Å². The fourth-order valence-electron chi connectivity index (χ4n) is 1.76. The van der Waals surface area contributed by atoms with Gasteiger partial charge in [-0.05, 0) is 0 Å². The van der Waals surface area contributed by atoms with Crippen LogP contribution >= 0.6 is 0 Å². The number of piperidine rings is 1. The topological polar surface area (TPSA) is 15.9 Å². The van der Waals surface area contributed by atoms with Gasteiger partial charge < -0.3 is 5.32 Å². The lowest BCUT2D eigenvalue weighted by Gasteiger charge is -2.17. The van der Waals surface area contributed by atoms with E-state index in [1.165, 1.54) is 12.8 Å². The second-order valence-electron chi connectivity index (χ2n) is 3.30. The van der Waals surface area contributed by atoms with Crippen LogP contribution in [0.2, 0.25) is 0 Å². The van der Waals surface area contributed by atoms with E-state index in [2.05, 4.69) is 40.5 Å². The molecule has 12 heavy (non-hydrogen) atoms. The highest BCUT2D eigenvalue weighted by Crippen LogP contribution is 2.09. The molecule has 1 aliphatic heterocycles. The van der Waals surface area contributed by atoms with Gasteiger partial charge in [0, 0.05) is 38.1 Å². The molecule has 2 heteroatoms. The summed E-state index contributed by atoms with van der Waals surface area (Å²) in [6, 6.07) is 6.98. The van der Waals surface area contributed by atoms with Crippen molar-refractivity contribution in [3.63, 3.8) is 0 Å². The molecule has 0 spiro atoms. The van der Waals surface area contributed by atoms with E-state index in [9.17, 15) is 0 Å². The molecule has 2 rings (SSSR count). The largest absolute Gasteiger partial charge is 0.316 e. The Morgan fingerprint density at radius 3 is 2.33 bits per heavy atom. The molecule has 0 aliphatic carbocycles. The Hall–Kier alpha value is -0.890. The number of nitrogens with one attached hydrogen (secondary N) is 1. The van der Waals surface area contributed by atoms with Crippen LogP contribution in [0.1, 0.15) is 18.9 Å². The normalized spacial score (nSPS) is 19.3. The number of aromatic nitrogens is 1. The van der Waals surface area contributed by atoms with Crippen molar-refractivity contribution in [3.05, 3.63) is 30.6 Å². The van der Waals surface area contributed by atoms with Crippen molar-refractivity contribution in [2.75, 3.05) is 13.1 Å². The van der Waals surface area contributed by atoms with Crippen LogP contribution < -0.4 is 9.88 Å². The number of nitrogens with zero attached hydrogens (tertiary/aromatic N) is 1. The summed E-state index contributed by atoms with van der Waals surface area (Å²) in [5, 5.41) is 3.37. The van der Waals surface area contributed by atoms with E-state index in [0.717, 1.165) is 13.1 Å². The van der Waals surface area contributed by atoms with Crippen LogP contribution in [0.25, 0.3) is 0 Å². The van der Waals surface area contributed by atoms with Gasteiger partial charge in [0.2, 0.25) is 0 Å². The molecule has 2 nitrogen and oxygen atoms in total. The fourth-order valence-corrected chi connectivity index (χ4v) is 1.76. The van der Waals surface area contributed by atoms with Gasteiger partial charge in [-0.1, -0.05) is 6.07 Å². The third-order valence-corrected chi connectivity index (χ3v) is 2.47. The average molecular weight is 163 g/mol. The molecule has 64 valence electrons. The SMILES string of the molecule is c1cc[n+](C2CCNCC2)cc1. The monoisotopic (exact) mass is 163 g/mol. The van der Waals surface area contributed by atoms with E-state index in [0.29, 0.717) is 6.04 Å². The highest BCUT2D eigenvalue weighted by Gasteiger charge is 2.19. The Kier molecular flexibility index (Phi) is 2.37. The van der Waals surface area contributed by atoms with E-state index in [1.54, 1.807) is 0 Å². The Morgan fingerprint density at radius 2 is 1.67 bits per heavy atom. The van der Waals surface area contributed by atoms with E-state index in [4.69, 9.17) is 0 Å². The minimum absolute atomic E-state index is 0.715. The van der Waals surface area contributed by atoms with Crippen LogP contribution in [-0.4, -0.2) is 13.1 Å². The third-order valence-electron chi connectivity index (χ3n) is 2.47. The van der Waals surface area contributed by atoms with E-state index in [1.807, 2.05) is 0 Å². The maximum absolute atomic E-state index is 3.37. The van der Waals surface area contributed by atoms with E-state index < -0.39 is 0 Å². The molecule has 0 radical (unpaired) electrons. The van der Waals surface area contributed by atoms with Gasteiger partial charge in [0.05, 0.1) is 0 Å². The van der Waals surface area contributed by atoms with Gasteiger partial charge in [0.1, 0.15) is 0 Å². The molecule has 0 unspecified atom stereocenters. The van der Waals surface area contributed by atoms with Crippen LogP contribution in [0, 0.1) is 0 Å². The Morgan fingerprint density at radius 1 is 1.00 bits per heavy atom. The molecule has 1 aromatic rings. The summed E-state index contributed by atoms with van der Waals surface area (Å²) in [6.45, 7) is 2.32. The Balaban J connectivity index is 2.08. The van der Waals surface area contributed by atoms with E-state index >= 15 is 0 Å². The average Bonchev–Trinajstić information content (AvgIpc) is 2.21. The molecule has 1 aliphatic rings. The maximum atomic E-state index is 3.37. The lowest BCUT2D eigenvalue weighted by Crippen LogP contribution is -2.44. The summed E-state index contributed by atoms with van der Waals surface area (Å²) in [7, 11) is 0.